The second-order valence-corrected chi connectivity index (χ2v) is 3.65. The summed E-state index contributed by atoms with van der Waals surface area (Å²) < 4.78 is 36.1. The molecule has 1 nitrogen and oxygen atoms in total. The van der Waals surface area contributed by atoms with Crippen molar-refractivity contribution in [3.63, 3.8) is 0 Å². The van der Waals surface area contributed by atoms with Crippen molar-refractivity contribution < 1.29 is 64.3 Å². The summed E-state index contributed by atoms with van der Waals surface area (Å²) in [5.74, 6) is 0.299. The van der Waals surface area contributed by atoms with Crippen molar-refractivity contribution in [3.05, 3.63) is 29.6 Å². The fraction of sp³-hybridized carbons (Fsp3) is 0.444. The van der Waals surface area contributed by atoms with E-state index in [0.29, 0.717) is 5.92 Å². The summed E-state index contributed by atoms with van der Waals surface area (Å²) in [6.07, 6.45) is 0.625. The van der Waals surface area contributed by atoms with E-state index in [9.17, 15) is 12.9 Å². The van der Waals surface area contributed by atoms with Crippen molar-refractivity contribution in [3.8, 4) is 0 Å². The monoisotopic (exact) mass is 241 g/mol. The standard InChI is InChI=1S/C9H12BF3N.K/c1-7(2)8-3-4-9(14-6-8)5-10(11,12)13;/h3-4,6-7H,5H2,1-2H3;/q-1;+1. The van der Waals surface area contributed by atoms with E-state index >= 15 is 0 Å². The van der Waals surface area contributed by atoms with Crippen molar-refractivity contribution in [2.75, 3.05) is 0 Å². The van der Waals surface area contributed by atoms with Crippen LogP contribution in [0.25, 0.3) is 0 Å². The van der Waals surface area contributed by atoms with Gasteiger partial charge < -0.3 is 12.9 Å². The third kappa shape index (κ3) is 6.06. The Balaban J connectivity index is 0.00000196. The summed E-state index contributed by atoms with van der Waals surface area (Å²) in [7, 11) is 0. The van der Waals surface area contributed by atoms with Gasteiger partial charge in [-0.15, -0.1) is 0 Å². The molecule has 0 N–H and O–H groups in total. The first-order chi connectivity index (χ1) is 6.38. The molecule has 0 aromatic carbocycles. The first kappa shape index (κ1) is 15.6. The molecular weight excluding hydrogens is 229 g/mol. The van der Waals surface area contributed by atoms with Gasteiger partial charge in [-0.1, -0.05) is 19.9 Å². The molecule has 1 aromatic heterocycles. The van der Waals surface area contributed by atoms with Crippen LogP contribution in [0, 0.1) is 0 Å². The van der Waals surface area contributed by atoms with Gasteiger partial charge in [0.2, 0.25) is 0 Å². The third-order valence-electron chi connectivity index (χ3n) is 1.95. The Labute approximate surface area is 130 Å². The molecule has 78 valence electrons. The van der Waals surface area contributed by atoms with E-state index in [1.165, 1.54) is 12.3 Å². The smallest absolute Gasteiger partial charge is 0.449 e. The molecule has 0 fully saturated rings. The molecule has 0 aliphatic carbocycles. The Bertz CT molecular complexity index is 297. The SMILES string of the molecule is CC(C)c1ccc(C[B-](F)(F)F)nc1.[K+]. The summed E-state index contributed by atoms with van der Waals surface area (Å²) >= 11 is 0. The predicted molar refractivity (Wildman–Crippen MR) is 51.1 cm³/mol. The zero-order valence-electron chi connectivity index (χ0n) is 9.17. The average Bonchev–Trinajstić information content (AvgIpc) is 2.02. The molecule has 0 bridgehead atoms. The van der Waals surface area contributed by atoms with Crippen LogP contribution >= 0.6 is 0 Å². The number of aromatic nitrogens is 1. The van der Waals surface area contributed by atoms with Crippen molar-refractivity contribution in [2.24, 2.45) is 0 Å². The zero-order chi connectivity index (χ0) is 10.8. The molecule has 0 atom stereocenters. The van der Waals surface area contributed by atoms with Gasteiger partial charge in [-0.2, -0.15) is 0 Å². The molecule has 0 aliphatic rings. The maximum Gasteiger partial charge on any atom is 1.00 e. The number of halogens is 3. The Morgan fingerprint density at radius 2 is 1.87 bits per heavy atom. The predicted octanol–water partition coefficient (Wildman–Crippen LogP) is 0.138. The molecule has 1 aromatic rings. The van der Waals surface area contributed by atoms with E-state index < -0.39 is 13.3 Å². The number of hydrogen-bond acceptors (Lipinski definition) is 1. The molecule has 0 aliphatic heterocycles. The minimum atomic E-state index is -4.77. The van der Waals surface area contributed by atoms with Gasteiger partial charge in [0.05, 0.1) is 0 Å². The molecule has 0 saturated heterocycles. The first-order valence-electron chi connectivity index (χ1n) is 4.54. The molecule has 6 heteroatoms. The van der Waals surface area contributed by atoms with Crippen molar-refractivity contribution in [1.29, 1.82) is 0 Å². The van der Waals surface area contributed by atoms with Gasteiger partial charge in [0.15, 0.2) is 0 Å². The van der Waals surface area contributed by atoms with Crippen LogP contribution < -0.4 is 51.4 Å². The van der Waals surface area contributed by atoms with Crippen molar-refractivity contribution in [1.82, 2.24) is 4.98 Å². The quantitative estimate of drug-likeness (QED) is 0.686. The normalized spacial score (nSPS) is 11.3. The Hall–Kier alpha value is 0.641. The molecule has 0 saturated carbocycles. The van der Waals surface area contributed by atoms with E-state index in [0.717, 1.165) is 5.56 Å². The molecular formula is C9H12BF3KN. The molecule has 0 amide bonds. The third-order valence-corrected chi connectivity index (χ3v) is 1.95. The van der Waals surface area contributed by atoms with Gasteiger partial charge in [-0.3, -0.25) is 4.98 Å². The van der Waals surface area contributed by atoms with Crippen LogP contribution in [-0.2, 0) is 6.32 Å². The Kier molecular flexibility index (Phi) is 6.67. The van der Waals surface area contributed by atoms with Crippen LogP contribution in [0.3, 0.4) is 0 Å². The zero-order valence-corrected chi connectivity index (χ0v) is 12.3. The van der Waals surface area contributed by atoms with Gasteiger partial charge in [0.1, 0.15) is 0 Å². The maximum absolute atomic E-state index is 12.0. The number of rotatable bonds is 3. The Morgan fingerprint density at radius 1 is 1.27 bits per heavy atom. The minimum absolute atomic E-state index is 0. The summed E-state index contributed by atoms with van der Waals surface area (Å²) in [6, 6.07) is 3.15. The topological polar surface area (TPSA) is 12.9 Å². The number of pyridine rings is 1. The van der Waals surface area contributed by atoms with Gasteiger partial charge >= 0.3 is 58.4 Å². The van der Waals surface area contributed by atoms with Gasteiger partial charge in [-0.05, 0) is 23.9 Å². The fourth-order valence-corrected chi connectivity index (χ4v) is 1.14. The second kappa shape index (κ2) is 6.39. The summed E-state index contributed by atoms with van der Waals surface area (Å²) in [5.41, 5.74) is 1.06. The molecule has 0 spiro atoms. The number of nitrogens with zero attached hydrogens (tertiary/aromatic N) is 1. The fourth-order valence-electron chi connectivity index (χ4n) is 1.14. The average molecular weight is 241 g/mol. The van der Waals surface area contributed by atoms with Crippen molar-refractivity contribution >= 4 is 6.98 Å². The van der Waals surface area contributed by atoms with Gasteiger partial charge in [-0.25, -0.2) is 0 Å². The van der Waals surface area contributed by atoms with Gasteiger partial charge in [0.25, 0.3) is 0 Å². The maximum atomic E-state index is 12.0. The molecule has 15 heavy (non-hydrogen) atoms. The largest absolute Gasteiger partial charge is 1.00 e. The van der Waals surface area contributed by atoms with Gasteiger partial charge in [0, 0.05) is 11.9 Å². The molecule has 1 heterocycles. The Morgan fingerprint density at radius 3 is 2.20 bits per heavy atom. The van der Waals surface area contributed by atoms with E-state index in [2.05, 4.69) is 4.98 Å². The van der Waals surface area contributed by atoms with E-state index in [-0.39, 0.29) is 57.1 Å². The van der Waals surface area contributed by atoms with Crippen molar-refractivity contribution in [2.45, 2.75) is 26.1 Å². The van der Waals surface area contributed by atoms with Crippen LogP contribution in [0.4, 0.5) is 12.9 Å². The van der Waals surface area contributed by atoms with Crippen LogP contribution in [0.1, 0.15) is 31.0 Å². The summed E-state index contributed by atoms with van der Waals surface area (Å²) in [6.45, 7) is -0.820. The molecule has 0 radical (unpaired) electrons. The second-order valence-electron chi connectivity index (χ2n) is 3.65. The van der Waals surface area contributed by atoms with E-state index in [4.69, 9.17) is 0 Å². The molecule has 0 unspecified atom stereocenters. The summed E-state index contributed by atoms with van der Waals surface area (Å²) in [4.78, 5) is 3.78. The van der Waals surface area contributed by atoms with Crippen LogP contribution in [0.15, 0.2) is 18.3 Å². The van der Waals surface area contributed by atoms with Crippen LogP contribution in [0.2, 0.25) is 0 Å². The van der Waals surface area contributed by atoms with Crippen LogP contribution in [-0.4, -0.2) is 12.0 Å². The molecule has 1 rings (SSSR count). The first-order valence-corrected chi connectivity index (χ1v) is 4.54. The van der Waals surface area contributed by atoms with Crippen LogP contribution in [0.5, 0.6) is 0 Å². The summed E-state index contributed by atoms with van der Waals surface area (Å²) in [5, 5.41) is 0. The van der Waals surface area contributed by atoms with E-state index in [1.54, 1.807) is 6.07 Å². The minimum Gasteiger partial charge on any atom is -0.449 e. The number of hydrogen-bond donors (Lipinski definition) is 0. The van der Waals surface area contributed by atoms with E-state index in [1.807, 2.05) is 13.8 Å².